The molecule has 1 aromatic heterocycles. The zero-order valence-corrected chi connectivity index (χ0v) is 13.8. The van der Waals surface area contributed by atoms with E-state index in [1.807, 2.05) is 20.0 Å². The molecule has 2 aromatic rings. The van der Waals surface area contributed by atoms with Crippen LogP contribution in [0.5, 0.6) is 0 Å². The summed E-state index contributed by atoms with van der Waals surface area (Å²) in [6.45, 7) is 6.14. The summed E-state index contributed by atoms with van der Waals surface area (Å²) in [4.78, 5) is 9.07. The molecule has 0 saturated carbocycles. The Morgan fingerprint density at radius 2 is 1.85 bits per heavy atom. The summed E-state index contributed by atoms with van der Waals surface area (Å²) in [6.07, 6.45) is 0.807. The second-order valence-corrected chi connectivity index (χ2v) is 5.57. The van der Waals surface area contributed by atoms with Gasteiger partial charge in [-0.3, -0.25) is 0 Å². The van der Waals surface area contributed by atoms with Gasteiger partial charge in [-0.25, -0.2) is 9.97 Å². The van der Waals surface area contributed by atoms with Crippen molar-refractivity contribution >= 4 is 33.3 Å². The van der Waals surface area contributed by atoms with Gasteiger partial charge in [0.2, 0.25) is 0 Å². The normalized spacial score (nSPS) is 10.4. The fourth-order valence-corrected chi connectivity index (χ4v) is 2.30. The predicted octanol–water partition coefficient (Wildman–Crippen LogP) is 4.20. The number of hydrogen-bond acceptors (Lipinski definition) is 4. The van der Waals surface area contributed by atoms with Crippen LogP contribution in [0.4, 0.5) is 17.3 Å². The summed E-state index contributed by atoms with van der Waals surface area (Å²) in [6, 6.07) is 6.16. The smallest absolute Gasteiger partial charge is 0.139 e. The van der Waals surface area contributed by atoms with E-state index in [0.29, 0.717) is 0 Å². The number of halogens is 1. The number of anilines is 3. The maximum absolute atomic E-state index is 4.59. The number of hydrogen-bond donors (Lipinski definition) is 2. The van der Waals surface area contributed by atoms with Crippen molar-refractivity contribution in [2.24, 2.45) is 0 Å². The molecular weight excluding hydrogens is 316 g/mol. The number of aryl methyl sites for hydroxylation is 2. The van der Waals surface area contributed by atoms with Gasteiger partial charge in [-0.1, -0.05) is 28.9 Å². The van der Waals surface area contributed by atoms with E-state index in [1.54, 1.807) is 0 Å². The van der Waals surface area contributed by atoms with Crippen LogP contribution in [0, 0.1) is 13.8 Å². The maximum Gasteiger partial charge on any atom is 0.139 e. The van der Waals surface area contributed by atoms with Gasteiger partial charge >= 0.3 is 0 Å². The van der Waals surface area contributed by atoms with Crippen molar-refractivity contribution in [3.63, 3.8) is 0 Å². The minimum atomic E-state index is 0.807. The molecule has 0 amide bonds. The van der Waals surface area contributed by atoms with Crippen molar-refractivity contribution in [1.29, 1.82) is 0 Å². The third-order valence-corrected chi connectivity index (χ3v) is 3.69. The summed E-state index contributed by atoms with van der Waals surface area (Å²) >= 11 is 3.50. The van der Waals surface area contributed by atoms with E-state index in [-0.39, 0.29) is 0 Å². The van der Waals surface area contributed by atoms with Crippen molar-refractivity contribution in [3.8, 4) is 0 Å². The highest BCUT2D eigenvalue weighted by atomic mass is 79.9. The van der Waals surface area contributed by atoms with E-state index in [4.69, 9.17) is 0 Å². The maximum atomic E-state index is 4.59. The minimum absolute atomic E-state index is 0.807. The molecule has 0 aliphatic rings. The molecule has 0 aliphatic heterocycles. The number of rotatable bonds is 4. The van der Waals surface area contributed by atoms with Crippen molar-refractivity contribution < 1.29 is 0 Å². The lowest BCUT2D eigenvalue weighted by Crippen LogP contribution is -2.07. The molecule has 2 N–H and O–H groups in total. The molecule has 106 valence electrons. The monoisotopic (exact) mass is 334 g/mol. The van der Waals surface area contributed by atoms with Crippen LogP contribution in [-0.4, -0.2) is 17.0 Å². The molecule has 1 heterocycles. The van der Waals surface area contributed by atoms with Gasteiger partial charge < -0.3 is 10.6 Å². The zero-order chi connectivity index (χ0) is 14.7. The number of aromatic nitrogens is 2. The van der Waals surface area contributed by atoms with Crippen LogP contribution in [0.25, 0.3) is 0 Å². The van der Waals surface area contributed by atoms with Gasteiger partial charge in [0.1, 0.15) is 17.5 Å². The molecule has 0 bridgehead atoms. The Labute approximate surface area is 128 Å². The second kappa shape index (κ2) is 6.22. The van der Waals surface area contributed by atoms with Gasteiger partial charge in [0.25, 0.3) is 0 Å². The van der Waals surface area contributed by atoms with Gasteiger partial charge in [0.15, 0.2) is 0 Å². The summed E-state index contributed by atoms with van der Waals surface area (Å²) in [5.41, 5.74) is 3.24. The van der Waals surface area contributed by atoms with E-state index < -0.39 is 0 Å². The van der Waals surface area contributed by atoms with Crippen molar-refractivity contribution in [1.82, 2.24) is 9.97 Å². The van der Waals surface area contributed by atoms with E-state index in [0.717, 1.165) is 39.6 Å². The van der Waals surface area contributed by atoms with E-state index in [9.17, 15) is 0 Å². The van der Waals surface area contributed by atoms with Gasteiger partial charge in [-0.2, -0.15) is 0 Å². The SMILES string of the molecule is CCc1nc(NC)c(C)c(Nc2cc(Br)ccc2C)n1. The molecule has 0 unspecified atom stereocenters. The Morgan fingerprint density at radius 1 is 1.15 bits per heavy atom. The van der Waals surface area contributed by atoms with Crippen LogP contribution in [0.3, 0.4) is 0 Å². The molecule has 0 radical (unpaired) electrons. The summed E-state index contributed by atoms with van der Waals surface area (Å²) in [5.74, 6) is 2.55. The Kier molecular flexibility index (Phi) is 4.60. The van der Waals surface area contributed by atoms with Crippen LogP contribution >= 0.6 is 15.9 Å². The highest BCUT2D eigenvalue weighted by Gasteiger charge is 2.10. The van der Waals surface area contributed by atoms with Crippen LogP contribution < -0.4 is 10.6 Å². The first-order valence-electron chi connectivity index (χ1n) is 6.63. The average molecular weight is 335 g/mol. The summed E-state index contributed by atoms with van der Waals surface area (Å²) in [5, 5.41) is 6.53. The lowest BCUT2D eigenvalue weighted by molar-refractivity contribution is 0.935. The zero-order valence-electron chi connectivity index (χ0n) is 12.2. The fourth-order valence-electron chi connectivity index (χ4n) is 1.94. The van der Waals surface area contributed by atoms with Gasteiger partial charge in [0, 0.05) is 29.2 Å². The lowest BCUT2D eigenvalue weighted by Gasteiger charge is -2.15. The summed E-state index contributed by atoms with van der Waals surface area (Å²) < 4.78 is 1.04. The largest absolute Gasteiger partial charge is 0.373 e. The minimum Gasteiger partial charge on any atom is -0.373 e. The average Bonchev–Trinajstić information content (AvgIpc) is 2.45. The molecule has 0 saturated heterocycles. The molecular formula is C15H19BrN4. The first-order chi connectivity index (χ1) is 9.55. The third kappa shape index (κ3) is 3.10. The van der Waals surface area contributed by atoms with Crippen molar-refractivity contribution in [2.75, 3.05) is 17.7 Å². The topological polar surface area (TPSA) is 49.8 Å². The van der Waals surface area contributed by atoms with Crippen LogP contribution in [-0.2, 0) is 6.42 Å². The number of nitrogens with zero attached hydrogens (tertiary/aromatic N) is 2. The molecule has 0 spiro atoms. The van der Waals surface area contributed by atoms with Crippen molar-refractivity contribution in [3.05, 3.63) is 39.6 Å². The van der Waals surface area contributed by atoms with Gasteiger partial charge in [0.05, 0.1) is 0 Å². The summed E-state index contributed by atoms with van der Waals surface area (Å²) in [7, 11) is 1.88. The molecule has 2 rings (SSSR count). The standard InChI is InChI=1S/C15H19BrN4/c1-5-13-19-14(17-4)10(3)15(20-13)18-12-8-11(16)7-6-9(12)2/h6-8H,5H2,1-4H3,(H2,17,18,19,20). The van der Waals surface area contributed by atoms with E-state index in [2.05, 4.69) is 62.5 Å². The Hall–Kier alpha value is -1.62. The molecule has 5 heteroatoms. The first kappa shape index (κ1) is 14.8. The molecule has 0 fully saturated rings. The Balaban J connectivity index is 2.44. The van der Waals surface area contributed by atoms with E-state index >= 15 is 0 Å². The Morgan fingerprint density at radius 3 is 2.50 bits per heavy atom. The molecule has 1 aromatic carbocycles. The fraction of sp³-hybridized carbons (Fsp3) is 0.333. The van der Waals surface area contributed by atoms with Crippen LogP contribution in [0.1, 0.15) is 23.9 Å². The highest BCUT2D eigenvalue weighted by molar-refractivity contribution is 9.10. The number of benzene rings is 1. The number of nitrogens with one attached hydrogen (secondary N) is 2. The van der Waals surface area contributed by atoms with Crippen molar-refractivity contribution in [2.45, 2.75) is 27.2 Å². The lowest BCUT2D eigenvalue weighted by atomic mass is 10.2. The molecule has 0 aliphatic carbocycles. The van der Waals surface area contributed by atoms with Crippen LogP contribution in [0.15, 0.2) is 22.7 Å². The second-order valence-electron chi connectivity index (χ2n) is 4.65. The first-order valence-corrected chi connectivity index (χ1v) is 7.43. The predicted molar refractivity (Wildman–Crippen MR) is 87.9 cm³/mol. The Bertz CT molecular complexity index is 626. The molecule has 20 heavy (non-hydrogen) atoms. The van der Waals surface area contributed by atoms with E-state index in [1.165, 1.54) is 5.56 Å². The van der Waals surface area contributed by atoms with Gasteiger partial charge in [-0.15, -0.1) is 0 Å². The third-order valence-electron chi connectivity index (χ3n) is 3.20. The quantitative estimate of drug-likeness (QED) is 0.879. The molecule has 4 nitrogen and oxygen atoms in total. The highest BCUT2D eigenvalue weighted by Crippen LogP contribution is 2.27. The molecule has 0 atom stereocenters. The van der Waals surface area contributed by atoms with Crippen LogP contribution in [0.2, 0.25) is 0 Å². The van der Waals surface area contributed by atoms with Gasteiger partial charge in [-0.05, 0) is 31.5 Å².